The highest BCUT2D eigenvalue weighted by atomic mass is 127. The third-order valence-electron chi connectivity index (χ3n) is 2.13. The van der Waals surface area contributed by atoms with Gasteiger partial charge in [-0.15, -0.1) is 6.58 Å². The first-order chi connectivity index (χ1) is 7.13. The van der Waals surface area contributed by atoms with Gasteiger partial charge in [-0.3, -0.25) is 4.79 Å². The van der Waals surface area contributed by atoms with Crippen LogP contribution in [0.25, 0.3) is 0 Å². The Morgan fingerprint density at radius 3 is 2.60 bits per heavy atom. The third kappa shape index (κ3) is 4.13. The maximum atomic E-state index is 11.6. The van der Waals surface area contributed by atoms with Crippen LogP contribution in [0, 0.1) is 3.57 Å². The number of hydrogen-bond donors (Lipinski definition) is 1. The van der Waals surface area contributed by atoms with E-state index in [1.54, 1.807) is 6.08 Å². The number of ketones is 1. The summed E-state index contributed by atoms with van der Waals surface area (Å²) in [6, 6.07) is 7.48. The highest BCUT2D eigenvalue weighted by molar-refractivity contribution is 14.1. The molecule has 0 heterocycles. The topological polar surface area (TPSA) is 43.1 Å². The summed E-state index contributed by atoms with van der Waals surface area (Å²) in [4.78, 5) is 11.6. The van der Waals surface area contributed by atoms with Crippen LogP contribution in [0.3, 0.4) is 0 Å². The van der Waals surface area contributed by atoms with E-state index in [2.05, 4.69) is 29.2 Å². The maximum Gasteiger partial charge on any atom is 0.154 e. The average Bonchev–Trinajstić information content (AvgIpc) is 2.22. The summed E-state index contributed by atoms with van der Waals surface area (Å²) in [6.07, 6.45) is 2.63. The van der Waals surface area contributed by atoms with E-state index in [1.807, 2.05) is 24.3 Å². The maximum absolute atomic E-state index is 11.6. The van der Waals surface area contributed by atoms with E-state index in [9.17, 15) is 4.79 Å². The van der Waals surface area contributed by atoms with Crippen LogP contribution >= 0.6 is 22.6 Å². The molecule has 0 saturated heterocycles. The van der Waals surface area contributed by atoms with Gasteiger partial charge >= 0.3 is 0 Å². The summed E-state index contributed by atoms with van der Waals surface area (Å²) in [7, 11) is 0. The predicted octanol–water partition coefficient (Wildman–Crippen LogP) is 2.31. The summed E-state index contributed by atoms with van der Waals surface area (Å²) in [5, 5.41) is 0. The first-order valence-corrected chi connectivity index (χ1v) is 5.85. The molecule has 15 heavy (non-hydrogen) atoms. The van der Waals surface area contributed by atoms with Gasteiger partial charge in [-0.05, 0) is 46.7 Å². The summed E-state index contributed by atoms with van der Waals surface area (Å²) >= 11 is 2.23. The Labute approximate surface area is 104 Å². The molecule has 0 spiro atoms. The smallest absolute Gasteiger partial charge is 0.154 e. The van der Waals surface area contributed by atoms with E-state index < -0.39 is 6.04 Å². The second kappa shape index (κ2) is 6.02. The zero-order chi connectivity index (χ0) is 11.3. The lowest BCUT2D eigenvalue weighted by Gasteiger charge is -2.07. The predicted molar refractivity (Wildman–Crippen MR) is 70.7 cm³/mol. The number of rotatable bonds is 5. The van der Waals surface area contributed by atoms with Gasteiger partial charge in [-0.25, -0.2) is 0 Å². The summed E-state index contributed by atoms with van der Waals surface area (Å²) in [5.74, 6) is 0.0658. The number of hydrogen-bond acceptors (Lipinski definition) is 2. The molecule has 1 aromatic carbocycles. The van der Waals surface area contributed by atoms with Crippen LogP contribution in [-0.2, 0) is 11.2 Å². The molecule has 0 fully saturated rings. The minimum atomic E-state index is -0.415. The van der Waals surface area contributed by atoms with Crippen molar-refractivity contribution in [2.45, 2.75) is 18.9 Å². The van der Waals surface area contributed by atoms with Crippen LogP contribution < -0.4 is 5.73 Å². The molecule has 1 atom stereocenters. The quantitative estimate of drug-likeness (QED) is 0.669. The molecule has 1 aromatic rings. The zero-order valence-corrected chi connectivity index (χ0v) is 10.6. The van der Waals surface area contributed by atoms with Crippen molar-refractivity contribution in [3.8, 4) is 0 Å². The molecule has 0 amide bonds. The molecular weight excluding hydrogens is 301 g/mol. The Morgan fingerprint density at radius 1 is 1.47 bits per heavy atom. The van der Waals surface area contributed by atoms with Gasteiger partial charge in [0.05, 0.1) is 6.04 Å². The number of benzene rings is 1. The van der Waals surface area contributed by atoms with Crippen molar-refractivity contribution in [2.24, 2.45) is 5.73 Å². The van der Waals surface area contributed by atoms with Crippen molar-refractivity contribution >= 4 is 28.4 Å². The first kappa shape index (κ1) is 12.4. The molecule has 1 rings (SSSR count). The zero-order valence-electron chi connectivity index (χ0n) is 8.45. The van der Waals surface area contributed by atoms with Gasteiger partial charge in [0.15, 0.2) is 5.78 Å². The number of carbonyl (C=O) groups is 1. The number of nitrogens with two attached hydrogens (primary N) is 1. The molecule has 0 aliphatic rings. The van der Waals surface area contributed by atoms with Crippen molar-refractivity contribution < 1.29 is 4.79 Å². The van der Waals surface area contributed by atoms with Gasteiger partial charge < -0.3 is 5.73 Å². The highest BCUT2D eigenvalue weighted by Gasteiger charge is 2.11. The Balaban J connectivity index is 2.58. The minimum absolute atomic E-state index is 0.0658. The Kier molecular flexibility index (Phi) is 4.98. The van der Waals surface area contributed by atoms with E-state index in [-0.39, 0.29) is 5.78 Å². The van der Waals surface area contributed by atoms with Gasteiger partial charge in [-0.1, -0.05) is 18.2 Å². The molecule has 0 aromatic heterocycles. The fraction of sp³-hybridized carbons (Fsp3) is 0.250. The van der Waals surface area contributed by atoms with E-state index in [0.29, 0.717) is 12.8 Å². The fourth-order valence-corrected chi connectivity index (χ4v) is 1.61. The fourth-order valence-electron chi connectivity index (χ4n) is 1.25. The van der Waals surface area contributed by atoms with Crippen molar-refractivity contribution in [3.05, 3.63) is 46.1 Å². The lowest BCUT2D eigenvalue weighted by atomic mass is 10.0. The Bertz CT molecular complexity index is 345. The van der Waals surface area contributed by atoms with Crippen molar-refractivity contribution in [1.82, 2.24) is 0 Å². The number of Topliss-reactive ketones (excluding diaryl/α,β-unsaturated/α-hetero) is 1. The Morgan fingerprint density at radius 2 is 2.07 bits per heavy atom. The van der Waals surface area contributed by atoms with Crippen molar-refractivity contribution in [1.29, 1.82) is 0 Å². The lowest BCUT2D eigenvalue weighted by Crippen LogP contribution is -2.31. The van der Waals surface area contributed by atoms with E-state index in [1.165, 1.54) is 3.57 Å². The van der Waals surface area contributed by atoms with Gasteiger partial charge in [0, 0.05) is 9.99 Å². The van der Waals surface area contributed by atoms with Gasteiger partial charge in [-0.2, -0.15) is 0 Å². The molecule has 0 aliphatic carbocycles. The molecule has 0 radical (unpaired) electrons. The van der Waals surface area contributed by atoms with E-state index in [0.717, 1.165) is 5.56 Å². The highest BCUT2D eigenvalue weighted by Crippen LogP contribution is 2.08. The first-order valence-electron chi connectivity index (χ1n) is 4.77. The van der Waals surface area contributed by atoms with Crippen LogP contribution in [0.15, 0.2) is 36.9 Å². The van der Waals surface area contributed by atoms with Crippen LogP contribution in [0.4, 0.5) is 0 Å². The molecular formula is C12H14INO. The number of halogens is 1. The van der Waals surface area contributed by atoms with Gasteiger partial charge in [0.1, 0.15) is 0 Å². The van der Waals surface area contributed by atoms with Gasteiger partial charge in [0.25, 0.3) is 0 Å². The summed E-state index contributed by atoms with van der Waals surface area (Å²) in [5.41, 5.74) is 6.70. The monoisotopic (exact) mass is 315 g/mol. The van der Waals surface area contributed by atoms with E-state index in [4.69, 9.17) is 5.73 Å². The second-order valence-electron chi connectivity index (χ2n) is 3.40. The third-order valence-corrected chi connectivity index (χ3v) is 2.84. The van der Waals surface area contributed by atoms with Crippen LogP contribution in [0.5, 0.6) is 0 Å². The molecule has 0 saturated carbocycles. The van der Waals surface area contributed by atoms with Crippen LogP contribution in [0.1, 0.15) is 12.0 Å². The molecule has 0 bridgehead atoms. The second-order valence-corrected chi connectivity index (χ2v) is 4.65. The lowest BCUT2D eigenvalue weighted by molar-refractivity contribution is -0.119. The molecule has 2 nitrogen and oxygen atoms in total. The Hall–Kier alpha value is -0.680. The molecule has 3 heteroatoms. The molecule has 1 unspecified atom stereocenters. The van der Waals surface area contributed by atoms with Gasteiger partial charge in [0.2, 0.25) is 0 Å². The number of carbonyl (C=O) groups excluding carboxylic acids is 1. The van der Waals surface area contributed by atoms with Crippen molar-refractivity contribution in [3.63, 3.8) is 0 Å². The SMILES string of the molecule is C=CCC(N)C(=O)Cc1ccc(I)cc1. The largest absolute Gasteiger partial charge is 0.321 e. The minimum Gasteiger partial charge on any atom is -0.321 e. The van der Waals surface area contributed by atoms with Crippen LogP contribution in [-0.4, -0.2) is 11.8 Å². The normalized spacial score (nSPS) is 12.1. The summed E-state index contributed by atoms with van der Waals surface area (Å²) < 4.78 is 1.17. The van der Waals surface area contributed by atoms with Crippen molar-refractivity contribution in [2.75, 3.05) is 0 Å². The molecule has 2 N–H and O–H groups in total. The summed E-state index contributed by atoms with van der Waals surface area (Å²) in [6.45, 7) is 3.57. The van der Waals surface area contributed by atoms with Crippen LogP contribution in [0.2, 0.25) is 0 Å². The van der Waals surface area contributed by atoms with E-state index >= 15 is 0 Å². The standard InChI is InChI=1S/C12H14INO/c1-2-3-11(14)12(15)8-9-4-6-10(13)7-5-9/h2,4-7,11H,1,3,8,14H2. The molecule has 80 valence electrons. The molecule has 0 aliphatic heterocycles. The average molecular weight is 315 g/mol.